The zero-order chi connectivity index (χ0) is 23.7. The fourth-order valence-corrected chi connectivity index (χ4v) is 3.64. The maximum Gasteiger partial charge on any atom is 0.256 e. The molecule has 2 aromatic carbocycles. The van der Waals surface area contributed by atoms with Gasteiger partial charge in [-0.3, -0.25) is 9.36 Å². The van der Waals surface area contributed by atoms with Gasteiger partial charge in [0.2, 0.25) is 5.95 Å². The van der Waals surface area contributed by atoms with Crippen molar-refractivity contribution in [3.63, 3.8) is 0 Å². The molecular formula is C22H16ClF3N4O3. The Morgan fingerprint density at radius 3 is 2.36 bits per heavy atom. The highest BCUT2D eigenvalue weighted by Gasteiger charge is 2.21. The normalized spacial score (nSPS) is 11.2. The van der Waals surface area contributed by atoms with Crippen LogP contribution in [0.25, 0.3) is 28.0 Å². The molecule has 4 aromatic rings. The van der Waals surface area contributed by atoms with Crippen molar-refractivity contribution in [2.24, 2.45) is 0 Å². The molecular weight excluding hydrogens is 461 g/mol. The summed E-state index contributed by atoms with van der Waals surface area (Å²) in [5.41, 5.74) is -0.521. The Labute approximate surface area is 190 Å². The summed E-state index contributed by atoms with van der Waals surface area (Å²) >= 11 is 6.25. The summed E-state index contributed by atoms with van der Waals surface area (Å²) < 4.78 is 42.7. The van der Waals surface area contributed by atoms with Gasteiger partial charge in [0.15, 0.2) is 5.65 Å². The van der Waals surface area contributed by atoms with Gasteiger partial charge in [-0.05, 0) is 36.4 Å². The molecule has 4 rings (SSSR count). The maximum absolute atomic E-state index is 14.6. The Morgan fingerprint density at radius 1 is 0.970 bits per heavy atom. The third-order valence-electron chi connectivity index (χ3n) is 4.90. The molecule has 0 aliphatic rings. The van der Waals surface area contributed by atoms with E-state index in [-0.39, 0.29) is 46.5 Å². The van der Waals surface area contributed by atoms with E-state index in [2.05, 4.69) is 9.97 Å². The average Bonchev–Trinajstić information content (AvgIpc) is 2.77. The second-order valence-electron chi connectivity index (χ2n) is 6.96. The van der Waals surface area contributed by atoms with Gasteiger partial charge in [-0.15, -0.1) is 0 Å². The Kier molecular flexibility index (Phi) is 6.32. The SMILES string of the molecule is O=c1ccc2c(-c3ccc(F)cc3Cl)nc(N(CO)CCO)nc2n1-c1ccc(F)cc1F. The van der Waals surface area contributed by atoms with E-state index >= 15 is 0 Å². The average molecular weight is 477 g/mol. The molecule has 0 amide bonds. The van der Waals surface area contributed by atoms with Crippen LogP contribution in [0.5, 0.6) is 0 Å². The minimum Gasteiger partial charge on any atom is -0.395 e. The Morgan fingerprint density at radius 2 is 1.70 bits per heavy atom. The van der Waals surface area contributed by atoms with Crippen molar-refractivity contribution >= 4 is 28.6 Å². The number of hydrogen-bond donors (Lipinski definition) is 2. The highest BCUT2D eigenvalue weighted by Crippen LogP contribution is 2.33. The van der Waals surface area contributed by atoms with Gasteiger partial charge in [0.1, 0.15) is 24.2 Å². The molecule has 2 N–H and O–H groups in total. The number of aliphatic hydroxyl groups is 2. The molecule has 33 heavy (non-hydrogen) atoms. The Balaban J connectivity index is 2.12. The highest BCUT2D eigenvalue weighted by molar-refractivity contribution is 6.33. The molecule has 7 nitrogen and oxygen atoms in total. The quantitative estimate of drug-likeness (QED) is 0.415. The van der Waals surface area contributed by atoms with Crippen LogP contribution in [0.1, 0.15) is 0 Å². The molecule has 11 heteroatoms. The predicted octanol–water partition coefficient (Wildman–Crippen LogP) is 3.27. The Bertz CT molecular complexity index is 1410. The third-order valence-corrected chi connectivity index (χ3v) is 5.21. The summed E-state index contributed by atoms with van der Waals surface area (Å²) in [7, 11) is 0. The van der Waals surface area contributed by atoms with E-state index in [1.165, 1.54) is 23.1 Å². The van der Waals surface area contributed by atoms with E-state index < -0.39 is 29.7 Å². The second-order valence-corrected chi connectivity index (χ2v) is 7.37. The van der Waals surface area contributed by atoms with Crippen molar-refractivity contribution in [1.29, 1.82) is 0 Å². The molecule has 0 aliphatic carbocycles. The molecule has 0 saturated carbocycles. The number of hydrogen-bond acceptors (Lipinski definition) is 6. The van der Waals surface area contributed by atoms with E-state index in [0.717, 1.165) is 28.8 Å². The van der Waals surface area contributed by atoms with E-state index in [9.17, 15) is 28.2 Å². The molecule has 0 atom stereocenters. The van der Waals surface area contributed by atoms with Crippen molar-refractivity contribution in [2.75, 3.05) is 24.8 Å². The monoisotopic (exact) mass is 476 g/mol. The zero-order valence-corrected chi connectivity index (χ0v) is 17.6. The fourth-order valence-electron chi connectivity index (χ4n) is 3.38. The molecule has 0 spiro atoms. The molecule has 170 valence electrons. The van der Waals surface area contributed by atoms with Crippen molar-refractivity contribution in [3.05, 3.63) is 81.4 Å². The minimum atomic E-state index is -1.000. The van der Waals surface area contributed by atoms with Crippen molar-refractivity contribution in [3.8, 4) is 16.9 Å². The number of pyridine rings is 1. The summed E-state index contributed by atoms with van der Waals surface area (Å²) in [6.07, 6.45) is 0. The molecule has 2 heterocycles. The van der Waals surface area contributed by atoms with Crippen LogP contribution in [0.3, 0.4) is 0 Å². The number of nitrogens with zero attached hydrogens (tertiary/aromatic N) is 4. The highest BCUT2D eigenvalue weighted by atomic mass is 35.5. The van der Waals surface area contributed by atoms with Crippen LogP contribution in [0.2, 0.25) is 5.02 Å². The van der Waals surface area contributed by atoms with Gasteiger partial charge in [0.25, 0.3) is 5.56 Å². The van der Waals surface area contributed by atoms with Crippen LogP contribution >= 0.6 is 11.6 Å². The molecule has 2 aromatic heterocycles. The molecule has 0 aliphatic heterocycles. The number of rotatable bonds is 6. The molecule has 0 bridgehead atoms. The van der Waals surface area contributed by atoms with Crippen LogP contribution in [-0.2, 0) is 0 Å². The van der Waals surface area contributed by atoms with Crippen molar-refractivity contribution in [1.82, 2.24) is 14.5 Å². The molecule has 0 unspecified atom stereocenters. The fraction of sp³-hybridized carbons (Fsp3) is 0.136. The molecule has 0 saturated heterocycles. The van der Waals surface area contributed by atoms with Gasteiger partial charge < -0.3 is 15.1 Å². The van der Waals surface area contributed by atoms with E-state index in [1.54, 1.807) is 0 Å². The van der Waals surface area contributed by atoms with Gasteiger partial charge in [0, 0.05) is 29.6 Å². The minimum absolute atomic E-state index is 0.0179. The van der Waals surface area contributed by atoms with Gasteiger partial charge in [0.05, 0.1) is 23.0 Å². The number of aliphatic hydroxyl groups excluding tert-OH is 2. The maximum atomic E-state index is 14.6. The smallest absolute Gasteiger partial charge is 0.256 e. The number of fused-ring (bicyclic) bond motifs is 1. The van der Waals surface area contributed by atoms with Crippen molar-refractivity contribution in [2.45, 2.75) is 0 Å². The first-order valence-corrected chi connectivity index (χ1v) is 10.0. The third kappa shape index (κ3) is 4.28. The summed E-state index contributed by atoms with van der Waals surface area (Å²) in [5, 5.41) is 19.4. The first kappa shape index (κ1) is 22.7. The van der Waals surface area contributed by atoms with Crippen molar-refractivity contribution < 1.29 is 23.4 Å². The molecule has 0 fully saturated rings. The van der Waals surface area contributed by atoms with E-state index in [4.69, 9.17) is 11.6 Å². The standard InChI is InChI=1S/C22H16ClF3N4O3/c23-16-9-12(24)1-3-14(16)20-15-4-6-19(33)30(18-5-2-13(25)10-17(18)26)21(15)28-22(27-20)29(11-32)7-8-31/h1-6,9-10,31-32H,7-8,11H2. The summed E-state index contributed by atoms with van der Waals surface area (Å²) in [6.45, 7) is -0.978. The first-order chi connectivity index (χ1) is 15.8. The number of benzene rings is 2. The topological polar surface area (TPSA) is 91.5 Å². The summed E-state index contributed by atoms with van der Waals surface area (Å²) in [4.78, 5) is 22.7. The largest absolute Gasteiger partial charge is 0.395 e. The predicted molar refractivity (Wildman–Crippen MR) is 117 cm³/mol. The van der Waals surface area contributed by atoms with E-state index in [0.29, 0.717) is 11.6 Å². The molecule has 0 radical (unpaired) electrons. The summed E-state index contributed by atoms with van der Waals surface area (Å²) in [6, 6.07) is 8.92. The van der Waals surface area contributed by atoms with Crippen LogP contribution in [0.4, 0.5) is 19.1 Å². The first-order valence-electron chi connectivity index (χ1n) is 9.65. The zero-order valence-electron chi connectivity index (χ0n) is 16.8. The lowest BCUT2D eigenvalue weighted by molar-refractivity contribution is 0.256. The lowest BCUT2D eigenvalue weighted by Gasteiger charge is -2.21. The van der Waals surface area contributed by atoms with Crippen LogP contribution < -0.4 is 10.5 Å². The van der Waals surface area contributed by atoms with Gasteiger partial charge in [-0.2, -0.15) is 4.98 Å². The van der Waals surface area contributed by atoms with Gasteiger partial charge in [-0.25, -0.2) is 18.2 Å². The van der Waals surface area contributed by atoms with Gasteiger partial charge >= 0.3 is 0 Å². The number of halogens is 4. The number of anilines is 1. The van der Waals surface area contributed by atoms with Gasteiger partial charge in [-0.1, -0.05) is 11.6 Å². The number of aromatic nitrogens is 3. The summed E-state index contributed by atoms with van der Waals surface area (Å²) in [5.74, 6) is -2.50. The van der Waals surface area contributed by atoms with Crippen LogP contribution in [-0.4, -0.2) is 44.6 Å². The van der Waals surface area contributed by atoms with Crippen LogP contribution in [0.15, 0.2) is 53.3 Å². The van der Waals surface area contributed by atoms with E-state index in [1.807, 2.05) is 0 Å². The second kappa shape index (κ2) is 9.18. The Hall–Kier alpha value is -3.47. The lowest BCUT2D eigenvalue weighted by atomic mass is 10.1. The lowest BCUT2D eigenvalue weighted by Crippen LogP contribution is -2.30. The van der Waals surface area contributed by atoms with Crippen LogP contribution in [0, 0.1) is 17.5 Å².